The summed E-state index contributed by atoms with van der Waals surface area (Å²) in [5.41, 5.74) is 3.84. The number of carbonyl (C=O) groups excluding carboxylic acids is 1. The standard InChI is InChI=1S/C31H27N5O4/c37-31(28-22-27(29-12-7-21-40-29)32-35(28)25-13-15-26(16-14-25)36(38)39)34-19-17-33(18-20-34)30(23-8-3-1-4-9-23)24-10-5-2-6-11-24/h1-16,21-22,30H,17-20H2. The van der Waals surface area contributed by atoms with Crippen LogP contribution in [0.25, 0.3) is 17.1 Å². The lowest BCUT2D eigenvalue weighted by Crippen LogP contribution is -2.50. The first-order valence-corrected chi connectivity index (χ1v) is 13.1. The fourth-order valence-corrected chi connectivity index (χ4v) is 5.22. The van der Waals surface area contributed by atoms with Crippen molar-refractivity contribution in [2.75, 3.05) is 26.2 Å². The van der Waals surface area contributed by atoms with E-state index in [0.29, 0.717) is 49.0 Å². The van der Waals surface area contributed by atoms with Crippen LogP contribution < -0.4 is 0 Å². The van der Waals surface area contributed by atoms with Gasteiger partial charge in [0.2, 0.25) is 0 Å². The lowest BCUT2D eigenvalue weighted by atomic mass is 9.96. The highest BCUT2D eigenvalue weighted by molar-refractivity contribution is 5.94. The number of nitro benzene ring substituents is 1. The minimum Gasteiger partial charge on any atom is -0.463 e. The first-order chi connectivity index (χ1) is 19.6. The first kappa shape index (κ1) is 25.3. The minimum absolute atomic E-state index is 0.0300. The molecule has 3 heterocycles. The Hall–Kier alpha value is -5.02. The van der Waals surface area contributed by atoms with Gasteiger partial charge >= 0.3 is 0 Å². The van der Waals surface area contributed by atoms with Crippen LogP contribution in [-0.4, -0.2) is 56.6 Å². The Morgan fingerprint density at radius 2 is 1.45 bits per heavy atom. The predicted octanol–water partition coefficient (Wildman–Crippen LogP) is 5.59. The normalized spacial score (nSPS) is 14.0. The zero-order valence-electron chi connectivity index (χ0n) is 21.7. The van der Waals surface area contributed by atoms with Crippen molar-refractivity contribution in [2.45, 2.75) is 6.04 Å². The number of hydrogen-bond acceptors (Lipinski definition) is 6. The molecule has 6 rings (SSSR count). The fourth-order valence-electron chi connectivity index (χ4n) is 5.22. The Morgan fingerprint density at radius 1 is 0.825 bits per heavy atom. The van der Waals surface area contributed by atoms with Crippen molar-refractivity contribution >= 4 is 11.6 Å². The molecular formula is C31H27N5O4. The molecule has 1 saturated heterocycles. The molecule has 0 atom stereocenters. The van der Waals surface area contributed by atoms with E-state index in [9.17, 15) is 14.9 Å². The van der Waals surface area contributed by atoms with Crippen LogP contribution in [0.3, 0.4) is 0 Å². The third-order valence-corrected chi connectivity index (χ3v) is 7.20. The number of furan rings is 1. The molecule has 0 bridgehead atoms. The summed E-state index contributed by atoms with van der Waals surface area (Å²) in [6.07, 6.45) is 1.55. The number of benzene rings is 3. The van der Waals surface area contributed by atoms with Crippen LogP contribution in [0.2, 0.25) is 0 Å². The monoisotopic (exact) mass is 533 g/mol. The van der Waals surface area contributed by atoms with E-state index >= 15 is 0 Å². The highest BCUT2D eigenvalue weighted by Crippen LogP contribution is 2.30. The quantitative estimate of drug-likeness (QED) is 0.200. The largest absolute Gasteiger partial charge is 0.463 e. The number of nitro groups is 1. The molecule has 1 aliphatic heterocycles. The van der Waals surface area contributed by atoms with Crippen molar-refractivity contribution in [2.24, 2.45) is 0 Å². The van der Waals surface area contributed by atoms with Crippen molar-refractivity contribution in [3.63, 3.8) is 0 Å². The van der Waals surface area contributed by atoms with Crippen molar-refractivity contribution < 1.29 is 14.1 Å². The Bertz CT molecular complexity index is 1550. The highest BCUT2D eigenvalue weighted by Gasteiger charge is 2.30. The number of carbonyl (C=O) groups is 1. The van der Waals surface area contributed by atoms with Crippen LogP contribution in [0.15, 0.2) is 114 Å². The molecule has 0 aliphatic carbocycles. The second-order valence-corrected chi connectivity index (χ2v) is 9.63. The first-order valence-electron chi connectivity index (χ1n) is 13.1. The van der Waals surface area contributed by atoms with Crippen LogP contribution in [-0.2, 0) is 0 Å². The second-order valence-electron chi connectivity index (χ2n) is 9.63. The molecule has 5 aromatic rings. The van der Waals surface area contributed by atoms with Gasteiger partial charge in [0.1, 0.15) is 11.4 Å². The lowest BCUT2D eigenvalue weighted by Gasteiger charge is -2.39. The molecule has 40 heavy (non-hydrogen) atoms. The maximum absolute atomic E-state index is 13.9. The third-order valence-electron chi connectivity index (χ3n) is 7.20. The molecular weight excluding hydrogens is 506 g/mol. The van der Waals surface area contributed by atoms with Crippen LogP contribution in [0.5, 0.6) is 0 Å². The molecule has 0 saturated carbocycles. The van der Waals surface area contributed by atoms with Crippen LogP contribution in [0.4, 0.5) is 5.69 Å². The minimum atomic E-state index is -0.454. The lowest BCUT2D eigenvalue weighted by molar-refractivity contribution is -0.384. The van der Waals surface area contributed by atoms with Crippen molar-refractivity contribution in [1.29, 1.82) is 0 Å². The number of hydrogen-bond donors (Lipinski definition) is 0. The second kappa shape index (κ2) is 11.0. The van der Waals surface area contributed by atoms with Crippen LogP contribution in [0, 0.1) is 10.1 Å². The maximum atomic E-state index is 13.9. The maximum Gasteiger partial charge on any atom is 0.272 e. The summed E-state index contributed by atoms with van der Waals surface area (Å²) in [5.74, 6) is 0.382. The Balaban J connectivity index is 1.26. The summed E-state index contributed by atoms with van der Waals surface area (Å²) in [7, 11) is 0. The third kappa shape index (κ3) is 5.02. The van der Waals surface area contributed by atoms with Crippen molar-refractivity contribution in [1.82, 2.24) is 19.6 Å². The average Bonchev–Trinajstić information content (AvgIpc) is 3.70. The summed E-state index contributed by atoms with van der Waals surface area (Å²) in [6, 6.07) is 32.2. The van der Waals surface area contributed by atoms with Gasteiger partial charge in [-0.05, 0) is 35.4 Å². The molecule has 0 unspecified atom stereocenters. The van der Waals surface area contributed by atoms with Gasteiger partial charge in [-0.15, -0.1) is 0 Å². The van der Waals surface area contributed by atoms with E-state index in [1.807, 2.05) is 17.0 Å². The molecule has 3 aromatic carbocycles. The summed E-state index contributed by atoms with van der Waals surface area (Å²) in [6.45, 7) is 2.51. The number of piperazine rings is 1. The average molecular weight is 534 g/mol. The molecule has 200 valence electrons. The van der Waals surface area contributed by atoms with Crippen LogP contribution in [0.1, 0.15) is 27.7 Å². The van der Waals surface area contributed by atoms with Crippen molar-refractivity contribution in [3.8, 4) is 17.1 Å². The van der Waals surface area contributed by atoms with E-state index in [2.05, 4.69) is 58.5 Å². The zero-order chi connectivity index (χ0) is 27.5. The van der Waals surface area contributed by atoms with Gasteiger partial charge in [-0.2, -0.15) is 5.10 Å². The number of amides is 1. The molecule has 1 aliphatic rings. The molecule has 0 N–H and O–H groups in total. The van der Waals surface area contributed by atoms with E-state index in [4.69, 9.17) is 4.42 Å². The van der Waals surface area contributed by atoms with Gasteiger partial charge in [0.05, 0.1) is 22.9 Å². The van der Waals surface area contributed by atoms with Gasteiger partial charge in [0, 0.05) is 44.4 Å². The predicted molar refractivity (Wildman–Crippen MR) is 150 cm³/mol. The van der Waals surface area contributed by atoms with E-state index in [-0.39, 0.29) is 17.6 Å². The summed E-state index contributed by atoms with van der Waals surface area (Å²) >= 11 is 0. The van der Waals surface area contributed by atoms with E-state index < -0.39 is 4.92 Å². The SMILES string of the molecule is O=C(c1cc(-c2ccco2)nn1-c1ccc([N+](=O)[O-])cc1)N1CCN(C(c2ccccc2)c2ccccc2)CC1. The Labute approximate surface area is 231 Å². The topological polar surface area (TPSA) is 97.6 Å². The van der Waals surface area contributed by atoms with Gasteiger partial charge in [-0.3, -0.25) is 19.8 Å². The molecule has 1 fully saturated rings. The number of rotatable bonds is 7. The van der Waals surface area contributed by atoms with Crippen molar-refractivity contribution in [3.05, 3.63) is 136 Å². The van der Waals surface area contributed by atoms with E-state index in [1.165, 1.54) is 27.9 Å². The summed E-state index contributed by atoms with van der Waals surface area (Å²) < 4.78 is 7.06. The smallest absolute Gasteiger partial charge is 0.272 e. The van der Waals surface area contributed by atoms with Gasteiger partial charge in [0.25, 0.3) is 11.6 Å². The summed E-state index contributed by atoms with van der Waals surface area (Å²) in [4.78, 5) is 28.8. The fraction of sp³-hybridized carbons (Fsp3) is 0.161. The van der Waals surface area contributed by atoms with E-state index in [1.54, 1.807) is 36.6 Å². The van der Waals surface area contributed by atoms with E-state index in [0.717, 1.165) is 0 Å². The molecule has 2 aromatic heterocycles. The Morgan fingerprint density at radius 3 is 2.00 bits per heavy atom. The molecule has 9 nitrogen and oxygen atoms in total. The molecule has 1 amide bonds. The number of nitrogens with zero attached hydrogens (tertiary/aromatic N) is 5. The van der Waals surface area contributed by atoms with Crippen LogP contribution >= 0.6 is 0 Å². The number of non-ortho nitro benzene ring substituents is 1. The van der Waals surface area contributed by atoms with Gasteiger partial charge in [0.15, 0.2) is 5.76 Å². The molecule has 0 spiro atoms. The highest BCUT2D eigenvalue weighted by atomic mass is 16.6. The Kier molecular flexibility index (Phi) is 6.95. The van der Waals surface area contributed by atoms with Gasteiger partial charge in [-0.1, -0.05) is 60.7 Å². The number of aromatic nitrogens is 2. The summed E-state index contributed by atoms with van der Waals surface area (Å²) in [5, 5.41) is 15.8. The zero-order valence-corrected chi connectivity index (χ0v) is 21.7. The molecule has 9 heteroatoms. The van der Waals surface area contributed by atoms with Gasteiger partial charge < -0.3 is 9.32 Å². The van der Waals surface area contributed by atoms with Gasteiger partial charge in [-0.25, -0.2) is 4.68 Å². The molecule has 0 radical (unpaired) electrons.